The van der Waals surface area contributed by atoms with Crippen LogP contribution in [0.2, 0.25) is 0 Å². The Balaban J connectivity index is 1.73. The van der Waals surface area contributed by atoms with Crippen LogP contribution in [0.5, 0.6) is 0 Å². The molecule has 2 aliphatic carbocycles. The summed E-state index contributed by atoms with van der Waals surface area (Å²) in [5.41, 5.74) is 4.16. The number of benzene rings is 1. The van der Waals surface area contributed by atoms with E-state index >= 15 is 0 Å². The fourth-order valence-electron chi connectivity index (χ4n) is 4.73. The summed E-state index contributed by atoms with van der Waals surface area (Å²) in [7, 11) is 0. The van der Waals surface area contributed by atoms with Crippen molar-refractivity contribution in [3.05, 3.63) is 45.7 Å². The molecule has 3 nitrogen and oxygen atoms in total. The van der Waals surface area contributed by atoms with Crippen LogP contribution in [0.3, 0.4) is 0 Å². The Labute approximate surface area is 174 Å². The molecule has 1 saturated carbocycles. The second kappa shape index (κ2) is 7.68. The highest BCUT2D eigenvalue weighted by molar-refractivity contribution is 7.99. The van der Waals surface area contributed by atoms with Crippen molar-refractivity contribution in [3.63, 3.8) is 0 Å². The minimum absolute atomic E-state index is 0.215. The molecular weight excluding hydrogens is 384 g/mol. The van der Waals surface area contributed by atoms with Crippen molar-refractivity contribution in [1.82, 2.24) is 9.55 Å². The molecule has 0 amide bonds. The first kappa shape index (κ1) is 18.4. The van der Waals surface area contributed by atoms with E-state index in [4.69, 9.17) is 4.98 Å². The van der Waals surface area contributed by atoms with Crippen molar-refractivity contribution in [2.45, 2.75) is 69.5 Å². The van der Waals surface area contributed by atoms with Crippen LogP contribution in [-0.2, 0) is 12.8 Å². The number of aromatic nitrogens is 2. The van der Waals surface area contributed by atoms with Crippen LogP contribution >= 0.6 is 23.1 Å². The lowest BCUT2D eigenvalue weighted by Gasteiger charge is -2.26. The number of hydrogen-bond acceptors (Lipinski definition) is 4. The van der Waals surface area contributed by atoms with Gasteiger partial charge in [0.25, 0.3) is 5.56 Å². The van der Waals surface area contributed by atoms with Gasteiger partial charge < -0.3 is 0 Å². The number of thioether (sulfide) groups is 1. The van der Waals surface area contributed by atoms with Crippen molar-refractivity contribution in [1.29, 1.82) is 0 Å². The van der Waals surface area contributed by atoms with E-state index in [1.807, 2.05) is 0 Å². The lowest BCUT2D eigenvalue weighted by atomic mass is 9.90. The minimum Gasteiger partial charge on any atom is -0.284 e. The Morgan fingerprint density at radius 3 is 2.82 bits per heavy atom. The minimum atomic E-state index is 0.215. The largest absolute Gasteiger partial charge is 0.284 e. The molecule has 0 N–H and O–H groups in total. The van der Waals surface area contributed by atoms with E-state index in [1.54, 1.807) is 23.1 Å². The van der Waals surface area contributed by atoms with Crippen LogP contribution in [0.25, 0.3) is 20.7 Å². The highest BCUT2D eigenvalue weighted by Gasteiger charge is 2.27. The number of aryl methyl sites for hydroxylation is 2. The first-order valence-electron chi connectivity index (χ1n) is 10.6. The van der Waals surface area contributed by atoms with Crippen LogP contribution < -0.4 is 5.56 Å². The zero-order valence-electron chi connectivity index (χ0n) is 16.4. The van der Waals surface area contributed by atoms with Gasteiger partial charge in [-0.25, -0.2) is 4.98 Å². The number of nitrogens with zero attached hydrogens (tertiary/aromatic N) is 2. The highest BCUT2D eigenvalue weighted by Crippen LogP contribution is 2.43. The van der Waals surface area contributed by atoms with Crippen molar-refractivity contribution >= 4 is 33.3 Å². The Morgan fingerprint density at radius 1 is 1.18 bits per heavy atom. The maximum absolute atomic E-state index is 13.8. The zero-order valence-corrected chi connectivity index (χ0v) is 18.0. The molecule has 2 aromatic heterocycles. The number of hydrogen-bond donors (Lipinski definition) is 0. The van der Waals surface area contributed by atoms with Crippen molar-refractivity contribution in [2.75, 3.05) is 5.75 Å². The fraction of sp³-hybridized carbons (Fsp3) is 0.478. The summed E-state index contributed by atoms with van der Waals surface area (Å²) in [6, 6.07) is 8.97. The van der Waals surface area contributed by atoms with E-state index in [9.17, 15) is 4.79 Å². The van der Waals surface area contributed by atoms with Crippen LogP contribution in [-0.4, -0.2) is 15.3 Å². The van der Waals surface area contributed by atoms with E-state index in [1.165, 1.54) is 40.8 Å². The summed E-state index contributed by atoms with van der Waals surface area (Å²) in [5.74, 6) is 1.01. The highest BCUT2D eigenvalue weighted by atomic mass is 32.2. The van der Waals surface area contributed by atoms with Gasteiger partial charge in [-0.2, -0.15) is 0 Å². The van der Waals surface area contributed by atoms with Crippen LogP contribution in [0.1, 0.15) is 62.6 Å². The predicted molar refractivity (Wildman–Crippen MR) is 120 cm³/mol. The lowest BCUT2D eigenvalue weighted by Crippen LogP contribution is -2.29. The van der Waals surface area contributed by atoms with E-state index in [2.05, 4.69) is 35.8 Å². The molecule has 2 aliphatic rings. The molecule has 1 fully saturated rings. The number of thiophene rings is 1. The van der Waals surface area contributed by atoms with Gasteiger partial charge in [0.2, 0.25) is 0 Å². The smallest absolute Gasteiger partial charge is 0.263 e. The average molecular weight is 411 g/mol. The molecule has 1 aromatic carbocycles. The Hall–Kier alpha value is -1.59. The molecule has 146 valence electrons. The van der Waals surface area contributed by atoms with Crippen LogP contribution in [0.15, 0.2) is 34.2 Å². The standard InChI is InChI=1S/C23H26N2OS2/c1-2-14-27-23-24-21-19(22(26)25(23)16-9-4-3-5-10-16)18-13-12-15-8-6-7-11-17(15)20(18)28-21/h6-8,11,16H,2-5,9-10,12-14H2,1H3. The monoisotopic (exact) mass is 410 g/mol. The molecule has 3 aromatic rings. The third-order valence-electron chi connectivity index (χ3n) is 6.11. The van der Waals surface area contributed by atoms with Crippen molar-refractivity contribution < 1.29 is 0 Å². The van der Waals surface area contributed by atoms with E-state index < -0.39 is 0 Å². The van der Waals surface area contributed by atoms with E-state index in [0.29, 0.717) is 6.04 Å². The second-order valence-corrected chi connectivity index (χ2v) is 10.0. The first-order valence-corrected chi connectivity index (χ1v) is 12.4. The van der Waals surface area contributed by atoms with Gasteiger partial charge in [-0.15, -0.1) is 11.3 Å². The topological polar surface area (TPSA) is 34.9 Å². The summed E-state index contributed by atoms with van der Waals surface area (Å²) in [6.07, 6.45) is 9.04. The Kier molecular flexibility index (Phi) is 5.06. The Morgan fingerprint density at radius 2 is 2.00 bits per heavy atom. The van der Waals surface area contributed by atoms with Gasteiger partial charge in [-0.1, -0.05) is 62.2 Å². The molecule has 0 atom stereocenters. The fourth-order valence-corrected chi connectivity index (χ4v) is 6.98. The maximum Gasteiger partial charge on any atom is 0.263 e. The van der Waals surface area contributed by atoms with Gasteiger partial charge in [-0.3, -0.25) is 9.36 Å². The normalized spacial score (nSPS) is 16.9. The second-order valence-electron chi connectivity index (χ2n) is 7.96. The molecule has 28 heavy (non-hydrogen) atoms. The quantitative estimate of drug-likeness (QED) is 0.378. The van der Waals surface area contributed by atoms with E-state index in [0.717, 1.165) is 53.2 Å². The van der Waals surface area contributed by atoms with Gasteiger partial charge in [-0.05, 0) is 48.8 Å². The Bertz CT molecular complexity index is 1080. The number of fused-ring (bicyclic) bond motifs is 5. The predicted octanol–water partition coefficient (Wildman–Crippen LogP) is 6.23. The molecule has 0 bridgehead atoms. The van der Waals surface area contributed by atoms with Gasteiger partial charge in [0.1, 0.15) is 4.83 Å². The lowest BCUT2D eigenvalue weighted by molar-refractivity contribution is 0.326. The molecule has 0 unspecified atom stereocenters. The summed E-state index contributed by atoms with van der Waals surface area (Å²) in [5, 5.41) is 1.85. The number of rotatable bonds is 4. The molecule has 0 spiro atoms. The summed E-state index contributed by atoms with van der Waals surface area (Å²) in [6.45, 7) is 2.19. The molecule has 2 heterocycles. The third-order valence-corrected chi connectivity index (χ3v) is 8.42. The molecule has 5 rings (SSSR count). The van der Waals surface area contributed by atoms with Crippen LogP contribution in [0.4, 0.5) is 0 Å². The third kappa shape index (κ3) is 3.03. The summed E-state index contributed by atoms with van der Waals surface area (Å²) < 4.78 is 2.08. The van der Waals surface area contributed by atoms with Gasteiger partial charge in [0, 0.05) is 16.7 Å². The van der Waals surface area contributed by atoms with Crippen LogP contribution in [0, 0.1) is 0 Å². The van der Waals surface area contributed by atoms with Gasteiger partial charge >= 0.3 is 0 Å². The molecule has 5 heteroatoms. The molecular formula is C23H26N2OS2. The SMILES string of the molecule is CCCSc1nc2sc3c(c2c(=O)n1C1CCCCC1)CCc1ccccc1-3. The zero-order chi connectivity index (χ0) is 19.1. The molecule has 0 saturated heterocycles. The van der Waals surface area contributed by atoms with Crippen molar-refractivity contribution in [2.24, 2.45) is 0 Å². The maximum atomic E-state index is 13.8. The van der Waals surface area contributed by atoms with Gasteiger partial charge in [0.05, 0.1) is 5.39 Å². The molecule has 0 aliphatic heterocycles. The average Bonchev–Trinajstić information content (AvgIpc) is 3.12. The summed E-state index contributed by atoms with van der Waals surface area (Å²) in [4.78, 5) is 21.1. The first-order chi connectivity index (χ1) is 13.8. The van der Waals surface area contributed by atoms with Crippen molar-refractivity contribution in [3.8, 4) is 10.4 Å². The summed E-state index contributed by atoms with van der Waals surface area (Å²) >= 11 is 3.48. The van der Waals surface area contributed by atoms with Gasteiger partial charge in [0.15, 0.2) is 5.16 Å². The molecule has 0 radical (unpaired) electrons. The van der Waals surface area contributed by atoms with E-state index in [-0.39, 0.29) is 5.56 Å².